The predicted octanol–water partition coefficient (Wildman–Crippen LogP) is 3.16. The minimum atomic E-state index is 0.973. The Morgan fingerprint density at radius 1 is 0.933 bits per heavy atom. The second-order valence-corrected chi connectivity index (χ2v) is 3.53. The van der Waals surface area contributed by atoms with Crippen molar-refractivity contribution < 1.29 is 0 Å². The Labute approximate surface area is 90.2 Å². The summed E-state index contributed by atoms with van der Waals surface area (Å²) in [5.74, 6) is 0.973. The van der Waals surface area contributed by atoms with E-state index in [1.165, 1.54) is 0 Å². The first-order valence-corrected chi connectivity index (χ1v) is 5.00. The highest BCUT2D eigenvalue weighted by Crippen LogP contribution is 2.20. The SMILES string of the molecule is Cc1cccc(N(C)c2ccccc2)n1. The maximum atomic E-state index is 4.48. The van der Waals surface area contributed by atoms with E-state index in [-0.39, 0.29) is 0 Å². The first kappa shape index (κ1) is 9.71. The average molecular weight is 198 g/mol. The van der Waals surface area contributed by atoms with Gasteiger partial charge in [0.25, 0.3) is 0 Å². The van der Waals surface area contributed by atoms with Crippen molar-refractivity contribution in [3.63, 3.8) is 0 Å². The number of para-hydroxylation sites is 1. The largest absolute Gasteiger partial charge is 0.329 e. The second kappa shape index (κ2) is 4.13. The molecule has 76 valence electrons. The molecule has 1 aromatic carbocycles. The molecule has 0 unspecified atom stereocenters. The van der Waals surface area contributed by atoms with Crippen molar-refractivity contribution in [2.75, 3.05) is 11.9 Å². The van der Waals surface area contributed by atoms with Gasteiger partial charge in [-0.25, -0.2) is 4.98 Å². The monoisotopic (exact) mass is 198 g/mol. The van der Waals surface area contributed by atoms with Crippen molar-refractivity contribution >= 4 is 11.5 Å². The topological polar surface area (TPSA) is 16.1 Å². The van der Waals surface area contributed by atoms with Crippen molar-refractivity contribution in [3.8, 4) is 0 Å². The highest BCUT2D eigenvalue weighted by molar-refractivity contribution is 5.58. The Morgan fingerprint density at radius 3 is 2.33 bits per heavy atom. The van der Waals surface area contributed by atoms with Gasteiger partial charge in [0.15, 0.2) is 0 Å². The molecule has 0 saturated heterocycles. The number of aryl methyl sites for hydroxylation is 1. The van der Waals surface area contributed by atoms with Crippen molar-refractivity contribution in [1.29, 1.82) is 0 Å². The molecule has 2 heteroatoms. The van der Waals surface area contributed by atoms with Gasteiger partial charge in [0.2, 0.25) is 0 Å². The molecule has 0 spiro atoms. The van der Waals surface area contributed by atoms with Crippen molar-refractivity contribution in [3.05, 3.63) is 54.2 Å². The molecule has 0 amide bonds. The average Bonchev–Trinajstić information content (AvgIpc) is 2.29. The number of hydrogen-bond donors (Lipinski definition) is 0. The van der Waals surface area contributed by atoms with Gasteiger partial charge < -0.3 is 4.90 Å². The van der Waals surface area contributed by atoms with Crippen molar-refractivity contribution in [2.24, 2.45) is 0 Å². The summed E-state index contributed by atoms with van der Waals surface area (Å²) in [4.78, 5) is 6.55. The number of aromatic nitrogens is 1. The van der Waals surface area contributed by atoms with Gasteiger partial charge in [-0.05, 0) is 31.2 Å². The zero-order valence-corrected chi connectivity index (χ0v) is 9.01. The minimum absolute atomic E-state index is 0.973. The van der Waals surface area contributed by atoms with Crippen LogP contribution < -0.4 is 4.90 Å². The zero-order valence-electron chi connectivity index (χ0n) is 9.01. The summed E-state index contributed by atoms with van der Waals surface area (Å²) in [5.41, 5.74) is 2.19. The van der Waals surface area contributed by atoms with Gasteiger partial charge in [-0.2, -0.15) is 0 Å². The molecule has 1 aromatic heterocycles. The summed E-state index contributed by atoms with van der Waals surface area (Å²) in [7, 11) is 2.02. The Morgan fingerprint density at radius 2 is 1.67 bits per heavy atom. The molecule has 0 saturated carbocycles. The number of hydrogen-bond acceptors (Lipinski definition) is 2. The van der Waals surface area contributed by atoms with E-state index in [9.17, 15) is 0 Å². The molecule has 0 radical (unpaired) electrons. The van der Waals surface area contributed by atoms with Crippen molar-refractivity contribution in [1.82, 2.24) is 4.98 Å². The Bertz CT molecular complexity index is 437. The highest BCUT2D eigenvalue weighted by atomic mass is 15.2. The van der Waals surface area contributed by atoms with Crippen LogP contribution >= 0.6 is 0 Å². The molecular weight excluding hydrogens is 184 g/mol. The van der Waals surface area contributed by atoms with E-state index in [0.717, 1.165) is 17.2 Å². The lowest BCUT2D eigenvalue weighted by molar-refractivity contribution is 1.09. The molecule has 2 nitrogen and oxygen atoms in total. The Hall–Kier alpha value is -1.83. The van der Waals surface area contributed by atoms with Gasteiger partial charge in [-0.3, -0.25) is 0 Å². The van der Waals surface area contributed by atoms with Gasteiger partial charge >= 0.3 is 0 Å². The number of rotatable bonds is 2. The lowest BCUT2D eigenvalue weighted by atomic mass is 10.3. The van der Waals surface area contributed by atoms with Crippen LogP contribution in [0.4, 0.5) is 11.5 Å². The van der Waals surface area contributed by atoms with E-state index < -0.39 is 0 Å². The fourth-order valence-electron chi connectivity index (χ4n) is 1.50. The third kappa shape index (κ3) is 2.15. The van der Waals surface area contributed by atoms with Gasteiger partial charge in [0, 0.05) is 18.4 Å². The molecule has 0 aliphatic carbocycles. The van der Waals surface area contributed by atoms with Crippen LogP contribution in [-0.2, 0) is 0 Å². The standard InChI is InChI=1S/C13H14N2/c1-11-7-6-10-13(14-11)15(2)12-8-4-3-5-9-12/h3-10H,1-2H3. The van der Waals surface area contributed by atoms with Crippen LogP contribution in [0.15, 0.2) is 48.5 Å². The van der Waals surface area contributed by atoms with E-state index in [1.807, 2.05) is 50.4 Å². The predicted molar refractivity (Wildman–Crippen MR) is 63.5 cm³/mol. The van der Waals surface area contributed by atoms with Crippen LogP contribution in [0, 0.1) is 6.92 Å². The molecule has 0 aliphatic heterocycles. The number of anilines is 2. The first-order chi connectivity index (χ1) is 7.27. The van der Waals surface area contributed by atoms with Crippen LogP contribution in [0.5, 0.6) is 0 Å². The zero-order chi connectivity index (χ0) is 10.7. The van der Waals surface area contributed by atoms with Crippen LogP contribution in [0.25, 0.3) is 0 Å². The Balaban J connectivity index is 2.32. The second-order valence-electron chi connectivity index (χ2n) is 3.53. The van der Waals surface area contributed by atoms with E-state index >= 15 is 0 Å². The molecule has 0 N–H and O–H groups in total. The van der Waals surface area contributed by atoms with Gasteiger partial charge in [-0.1, -0.05) is 24.3 Å². The molecule has 2 aromatic rings. The quantitative estimate of drug-likeness (QED) is 0.736. The van der Waals surface area contributed by atoms with Gasteiger partial charge in [0.1, 0.15) is 5.82 Å². The molecule has 0 bridgehead atoms. The molecule has 0 fully saturated rings. The minimum Gasteiger partial charge on any atom is -0.329 e. The molecule has 1 heterocycles. The van der Waals surface area contributed by atoms with Crippen LogP contribution in [-0.4, -0.2) is 12.0 Å². The Kier molecular flexibility index (Phi) is 2.68. The lowest BCUT2D eigenvalue weighted by Gasteiger charge is -2.18. The maximum Gasteiger partial charge on any atom is 0.132 e. The number of pyridine rings is 1. The smallest absolute Gasteiger partial charge is 0.132 e. The van der Waals surface area contributed by atoms with Crippen LogP contribution in [0.1, 0.15) is 5.69 Å². The van der Waals surface area contributed by atoms with Crippen molar-refractivity contribution in [2.45, 2.75) is 6.92 Å². The first-order valence-electron chi connectivity index (χ1n) is 5.00. The van der Waals surface area contributed by atoms with Crippen LogP contribution in [0.2, 0.25) is 0 Å². The third-order valence-corrected chi connectivity index (χ3v) is 2.36. The third-order valence-electron chi connectivity index (χ3n) is 2.36. The molecule has 15 heavy (non-hydrogen) atoms. The summed E-state index contributed by atoms with van der Waals surface area (Å²) in [5, 5.41) is 0. The lowest BCUT2D eigenvalue weighted by Crippen LogP contribution is -2.11. The number of benzene rings is 1. The summed E-state index contributed by atoms with van der Waals surface area (Å²) >= 11 is 0. The molecule has 0 atom stereocenters. The fourth-order valence-corrected chi connectivity index (χ4v) is 1.50. The van der Waals surface area contributed by atoms with Crippen LogP contribution in [0.3, 0.4) is 0 Å². The summed E-state index contributed by atoms with van der Waals surface area (Å²) in [6, 6.07) is 16.3. The van der Waals surface area contributed by atoms with Gasteiger partial charge in [-0.15, -0.1) is 0 Å². The number of nitrogens with zero attached hydrogens (tertiary/aromatic N) is 2. The van der Waals surface area contributed by atoms with E-state index in [1.54, 1.807) is 0 Å². The molecule has 2 rings (SSSR count). The van der Waals surface area contributed by atoms with E-state index in [0.29, 0.717) is 0 Å². The maximum absolute atomic E-state index is 4.48. The normalized spacial score (nSPS) is 10.0. The summed E-state index contributed by atoms with van der Waals surface area (Å²) < 4.78 is 0. The highest BCUT2D eigenvalue weighted by Gasteiger charge is 2.03. The van der Waals surface area contributed by atoms with E-state index in [4.69, 9.17) is 0 Å². The van der Waals surface area contributed by atoms with Gasteiger partial charge in [0.05, 0.1) is 0 Å². The van der Waals surface area contributed by atoms with E-state index in [2.05, 4.69) is 22.0 Å². The summed E-state index contributed by atoms with van der Waals surface area (Å²) in [6.07, 6.45) is 0. The summed E-state index contributed by atoms with van der Waals surface area (Å²) in [6.45, 7) is 2.00. The molecular formula is C13H14N2. The fraction of sp³-hybridized carbons (Fsp3) is 0.154. The molecule has 0 aliphatic rings.